The van der Waals surface area contributed by atoms with Crippen LogP contribution >= 0.6 is 0 Å². The predicted molar refractivity (Wildman–Crippen MR) is 71.9 cm³/mol. The van der Waals surface area contributed by atoms with Crippen LogP contribution in [0.1, 0.15) is 5.56 Å². The van der Waals surface area contributed by atoms with Crippen molar-refractivity contribution < 1.29 is 0 Å². The lowest BCUT2D eigenvalue weighted by Crippen LogP contribution is -2.03. The van der Waals surface area contributed by atoms with Crippen molar-refractivity contribution in [3.8, 4) is 0 Å². The molecule has 0 saturated carbocycles. The molecule has 3 aromatic rings. The Hall–Kier alpha value is -2.85. The zero-order valence-corrected chi connectivity index (χ0v) is 10.0. The Kier molecular flexibility index (Phi) is 2.84. The quantitative estimate of drug-likeness (QED) is 0.405. The lowest BCUT2D eigenvalue weighted by atomic mass is 10.2. The molecule has 0 amide bonds. The van der Waals surface area contributed by atoms with Gasteiger partial charge in [-0.05, 0) is 23.2 Å². The first-order chi connectivity index (χ1) is 9.36. The van der Waals surface area contributed by atoms with Crippen LogP contribution < -0.4 is 0 Å². The Morgan fingerprint density at radius 2 is 1.63 bits per heavy atom. The van der Waals surface area contributed by atoms with Crippen LogP contribution in [-0.4, -0.2) is 15.0 Å². The van der Waals surface area contributed by atoms with Crippen LogP contribution in [0.3, 0.4) is 0 Å². The number of aromatic nitrogens is 3. The van der Waals surface area contributed by atoms with Crippen molar-refractivity contribution in [3.05, 3.63) is 64.5 Å². The summed E-state index contributed by atoms with van der Waals surface area (Å²) in [6.07, 6.45) is 0. The van der Waals surface area contributed by atoms with Crippen molar-refractivity contribution in [2.75, 3.05) is 0 Å². The van der Waals surface area contributed by atoms with Gasteiger partial charge in [0.1, 0.15) is 11.0 Å². The van der Waals surface area contributed by atoms with Crippen LogP contribution in [0.5, 0.6) is 0 Å². The van der Waals surface area contributed by atoms with E-state index in [1.54, 1.807) is 10.9 Å². The highest BCUT2D eigenvalue weighted by molar-refractivity contribution is 5.73. The molecule has 0 aliphatic carbocycles. The van der Waals surface area contributed by atoms with Crippen LogP contribution in [0.2, 0.25) is 0 Å². The number of nitrogens with zero attached hydrogens (tertiary/aromatic N) is 6. The minimum Gasteiger partial charge on any atom is -0.179 e. The standard InChI is InChI=1S/C13H10N6/c14-18-15-11-6-2-1-5-10(11)9-19-16-12-7-3-4-8-13(12)17-19/h1-8H,9H2. The van der Waals surface area contributed by atoms with Crippen molar-refractivity contribution >= 4 is 16.7 Å². The molecule has 0 radical (unpaired) electrons. The van der Waals surface area contributed by atoms with Gasteiger partial charge in [0.25, 0.3) is 0 Å². The molecule has 2 aromatic carbocycles. The van der Waals surface area contributed by atoms with E-state index in [4.69, 9.17) is 5.53 Å². The Morgan fingerprint density at radius 3 is 2.32 bits per heavy atom. The van der Waals surface area contributed by atoms with Gasteiger partial charge in [-0.2, -0.15) is 15.0 Å². The summed E-state index contributed by atoms with van der Waals surface area (Å²) in [5.41, 5.74) is 11.7. The lowest BCUT2D eigenvalue weighted by molar-refractivity contribution is 0.601. The van der Waals surface area contributed by atoms with Gasteiger partial charge in [-0.15, -0.1) is 0 Å². The second kappa shape index (κ2) is 4.80. The van der Waals surface area contributed by atoms with Gasteiger partial charge in [-0.3, -0.25) is 0 Å². The second-order valence-corrected chi connectivity index (χ2v) is 4.04. The van der Waals surface area contributed by atoms with E-state index < -0.39 is 0 Å². The largest absolute Gasteiger partial charge is 0.179 e. The number of hydrogen-bond donors (Lipinski definition) is 0. The molecule has 0 N–H and O–H groups in total. The van der Waals surface area contributed by atoms with Gasteiger partial charge in [0.05, 0.1) is 6.54 Å². The van der Waals surface area contributed by atoms with E-state index in [2.05, 4.69) is 20.2 Å². The van der Waals surface area contributed by atoms with E-state index in [1.165, 1.54) is 0 Å². The summed E-state index contributed by atoms with van der Waals surface area (Å²) in [6, 6.07) is 15.1. The molecule has 6 nitrogen and oxygen atoms in total. The summed E-state index contributed by atoms with van der Waals surface area (Å²) in [5, 5.41) is 12.4. The van der Waals surface area contributed by atoms with E-state index in [-0.39, 0.29) is 0 Å². The average Bonchev–Trinajstić information content (AvgIpc) is 2.83. The monoisotopic (exact) mass is 250 g/mol. The van der Waals surface area contributed by atoms with Gasteiger partial charge < -0.3 is 0 Å². The van der Waals surface area contributed by atoms with Crippen LogP contribution in [-0.2, 0) is 6.54 Å². The van der Waals surface area contributed by atoms with Gasteiger partial charge in [-0.25, -0.2) is 0 Å². The summed E-state index contributed by atoms with van der Waals surface area (Å²) in [7, 11) is 0. The topological polar surface area (TPSA) is 79.5 Å². The van der Waals surface area contributed by atoms with Crippen LogP contribution in [0.15, 0.2) is 53.6 Å². The fourth-order valence-electron chi connectivity index (χ4n) is 1.92. The smallest absolute Gasteiger partial charge is 0.113 e. The maximum atomic E-state index is 8.54. The van der Waals surface area contributed by atoms with Gasteiger partial charge in [0.2, 0.25) is 0 Å². The maximum absolute atomic E-state index is 8.54. The molecule has 0 unspecified atom stereocenters. The lowest BCUT2D eigenvalue weighted by Gasteiger charge is -2.03. The third-order valence-corrected chi connectivity index (χ3v) is 2.78. The van der Waals surface area contributed by atoms with E-state index in [1.807, 2.05) is 42.5 Å². The first kappa shape index (κ1) is 11.3. The van der Waals surface area contributed by atoms with Crippen molar-refractivity contribution in [1.82, 2.24) is 15.0 Å². The number of fused-ring (bicyclic) bond motifs is 1. The highest BCUT2D eigenvalue weighted by Crippen LogP contribution is 2.20. The van der Waals surface area contributed by atoms with Gasteiger partial charge in [0.15, 0.2) is 0 Å². The summed E-state index contributed by atoms with van der Waals surface area (Å²) in [4.78, 5) is 4.43. The fraction of sp³-hybridized carbons (Fsp3) is 0.0769. The fourth-order valence-corrected chi connectivity index (χ4v) is 1.92. The van der Waals surface area contributed by atoms with Crippen LogP contribution in [0.25, 0.3) is 21.5 Å². The highest BCUT2D eigenvalue weighted by atomic mass is 15.5. The average molecular weight is 250 g/mol. The molecular formula is C13H10N6. The maximum Gasteiger partial charge on any atom is 0.113 e. The Labute approximate surface area is 108 Å². The Balaban J connectivity index is 1.98. The van der Waals surface area contributed by atoms with E-state index in [9.17, 15) is 0 Å². The molecular weight excluding hydrogens is 240 g/mol. The number of benzene rings is 2. The zero-order chi connectivity index (χ0) is 13.1. The molecule has 0 fully saturated rings. The molecule has 0 saturated heterocycles. The first-order valence-electron chi connectivity index (χ1n) is 5.80. The summed E-state index contributed by atoms with van der Waals surface area (Å²) in [5.74, 6) is 0. The number of azide groups is 1. The van der Waals surface area contributed by atoms with Crippen molar-refractivity contribution in [2.24, 2.45) is 5.11 Å². The van der Waals surface area contributed by atoms with E-state index >= 15 is 0 Å². The van der Waals surface area contributed by atoms with Gasteiger partial charge in [0, 0.05) is 10.6 Å². The third kappa shape index (κ3) is 2.25. The number of hydrogen-bond acceptors (Lipinski definition) is 3. The Bertz CT molecular complexity index is 736. The Morgan fingerprint density at radius 1 is 1.00 bits per heavy atom. The summed E-state index contributed by atoms with van der Waals surface area (Å²) in [6.45, 7) is 0.476. The van der Waals surface area contributed by atoms with Crippen molar-refractivity contribution in [1.29, 1.82) is 0 Å². The van der Waals surface area contributed by atoms with Crippen LogP contribution in [0, 0.1) is 0 Å². The SMILES string of the molecule is [N-]=[N+]=Nc1ccccc1Cn1nc2ccccc2n1. The molecule has 0 atom stereocenters. The van der Waals surface area contributed by atoms with Gasteiger partial charge >= 0.3 is 0 Å². The predicted octanol–water partition coefficient (Wildman–Crippen LogP) is 3.42. The summed E-state index contributed by atoms with van der Waals surface area (Å²) >= 11 is 0. The molecule has 0 bridgehead atoms. The number of rotatable bonds is 3. The first-order valence-corrected chi connectivity index (χ1v) is 5.80. The van der Waals surface area contributed by atoms with E-state index in [0.717, 1.165) is 16.6 Å². The molecule has 92 valence electrons. The molecule has 3 rings (SSSR count). The van der Waals surface area contributed by atoms with Crippen molar-refractivity contribution in [2.45, 2.75) is 6.54 Å². The molecule has 1 aromatic heterocycles. The zero-order valence-electron chi connectivity index (χ0n) is 10.0. The van der Waals surface area contributed by atoms with Crippen LogP contribution in [0.4, 0.5) is 5.69 Å². The second-order valence-electron chi connectivity index (χ2n) is 4.04. The molecule has 0 aliphatic rings. The van der Waals surface area contributed by atoms with Gasteiger partial charge in [-0.1, -0.05) is 41.5 Å². The highest BCUT2D eigenvalue weighted by Gasteiger charge is 2.04. The minimum absolute atomic E-state index is 0.476. The molecule has 0 spiro atoms. The minimum atomic E-state index is 0.476. The molecule has 19 heavy (non-hydrogen) atoms. The molecule has 6 heteroatoms. The normalized spacial score (nSPS) is 10.3. The van der Waals surface area contributed by atoms with Crippen molar-refractivity contribution in [3.63, 3.8) is 0 Å². The van der Waals surface area contributed by atoms with E-state index in [0.29, 0.717) is 12.2 Å². The molecule has 0 aliphatic heterocycles. The molecule has 1 heterocycles. The summed E-state index contributed by atoms with van der Waals surface area (Å²) < 4.78 is 0. The third-order valence-electron chi connectivity index (χ3n) is 2.78.